The summed E-state index contributed by atoms with van der Waals surface area (Å²) in [4.78, 5) is 0. The third-order valence-corrected chi connectivity index (χ3v) is 1.68. The van der Waals surface area contributed by atoms with E-state index in [0.29, 0.717) is 0 Å². The van der Waals surface area contributed by atoms with E-state index >= 15 is 0 Å². The molecule has 0 radical (unpaired) electrons. The van der Waals surface area contributed by atoms with Crippen LogP contribution >= 0.6 is 0 Å². The second-order valence-electron chi connectivity index (χ2n) is 1.49. The normalized spacial score (nSPS) is 11.2. The first-order valence-corrected chi connectivity index (χ1v) is 5.15. The minimum absolute atomic E-state index is 0. The fraction of sp³-hybridized carbons (Fsp3) is 1.00. The SMILES string of the molecule is O=S(=O)([O-])CCOS(=O)(=O)[O-].[Na+].[Na+]. The van der Waals surface area contributed by atoms with Gasteiger partial charge in [0, 0.05) is 0 Å². The summed E-state index contributed by atoms with van der Waals surface area (Å²) in [5.74, 6) is -1.03. The molecule has 0 amide bonds. The largest absolute Gasteiger partial charge is 1.00 e. The number of hydrogen-bond acceptors (Lipinski definition) is 7. The van der Waals surface area contributed by atoms with Gasteiger partial charge in [0.05, 0.1) is 22.5 Å². The third-order valence-electron chi connectivity index (χ3n) is 0.561. The van der Waals surface area contributed by atoms with Crippen LogP contribution in [0, 0.1) is 0 Å². The molecule has 0 unspecified atom stereocenters. The maximum absolute atomic E-state index is 9.78. The van der Waals surface area contributed by atoms with Gasteiger partial charge >= 0.3 is 59.1 Å². The Morgan fingerprint density at radius 2 is 1.38 bits per heavy atom. The summed E-state index contributed by atoms with van der Waals surface area (Å²) >= 11 is 0. The number of hydrogen-bond donors (Lipinski definition) is 0. The van der Waals surface area contributed by atoms with E-state index in [2.05, 4.69) is 4.18 Å². The summed E-state index contributed by atoms with van der Waals surface area (Å²) in [6.45, 7) is -0.933. The van der Waals surface area contributed by atoms with E-state index in [-0.39, 0.29) is 59.1 Å². The topological polar surface area (TPSA) is 124 Å². The minimum atomic E-state index is -4.90. The Kier molecular flexibility index (Phi) is 12.4. The molecule has 0 aliphatic heterocycles. The van der Waals surface area contributed by atoms with Crippen molar-refractivity contribution in [2.24, 2.45) is 0 Å². The summed E-state index contributed by atoms with van der Waals surface area (Å²) < 4.78 is 61.7. The van der Waals surface area contributed by atoms with E-state index in [4.69, 9.17) is 0 Å². The summed E-state index contributed by atoms with van der Waals surface area (Å²) in [7, 11) is -9.42. The van der Waals surface area contributed by atoms with Crippen molar-refractivity contribution in [3.05, 3.63) is 0 Å². The monoisotopic (exact) mass is 250 g/mol. The van der Waals surface area contributed by atoms with E-state index in [1.165, 1.54) is 0 Å². The maximum Gasteiger partial charge on any atom is 1.00 e. The molecule has 11 heteroatoms. The summed E-state index contributed by atoms with van der Waals surface area (Å²) in [6.07, 6.45) is 0. The zero-order valence-electron chi connectivity index (χ0n) is 7.09. The van der Waals surface area contributed by atoms with Gasteiger partial charge in [-0.25, -0.2) is 16.8 Å². The molecule has 0 atom stereocenters. The third kappa shape index (κ3) is 20.0. The van der Waals surface area contributed by atoms with Crippen LogP contribution < -0.4 is 59.1 Å². The molecule has 68 valence electrons. The summed E-state index contributed by atoms with van der Waals surface area (Å²) in [6, 6.07) is 0. The van der Waals surface area contributed by atoms with E-state index in [1.807, 2.05) is 0 Å². The van der Waals surface area contributed by atoms with Crippen LogP contribution in [0.25, 0.3) is 0 Å². The van der Waals surface area contributed by atoms with E-state index in [1.54, 1.807) is 0 Å². The van der Waals surface area contributed by atoms with Crippen LogP contribution in [0.3, 0.4) is 0 Å². The van der Waals surface area contributed by atoms with Gasteiger partial charge in [0.1, 0.15) is 0 Å². The van der Waals surface area contributed by atoms with Crippen molar-refractivity contribution in [3.63, 3.8) is 0 Å². The molecule has 13 heavy (non-hydrogen) atoms. The molecule has 0 aromatic rings. The maximum atomic E-state index is 9.78. The molecule has 0 N–H and O–H groups in total. The molecular formula is C2H4Na2O7S2. The second kappa shape index (κ2) is 7.99. The quantitative estimate of drug-likeness (QED) is 0.275. The Balaban J connectivity index is -0.000000500. The van der Waals surface area contributed by atoms with Gasteiger partial charge in [-0.2, -0.15) is 0 Å². The van der Waals surface area contributed by atoms with Crippen LogP contribution in [-0.2, 0) is 24.7 Å². The molecule has 0 aromatic heterocycles. The Bertz CT molecular complexity index is 271. The van der Waals surface area contributed by atoms with Crippen LogP contribution in [0.15, 0.2) is 0 Å². The van der Waals surface area contributed by atoms with E-state index in [9.17, 15) is 25.9 Å². The molecular weight excluding hydrogens is 246 g/mol. The van der Waals surface area contributed by atoms with Gasteiger partial charge in [-0.3, -0.25) is 4.18 Å². The molecule has 0 rings (SSSR count). The molecule has 0 aliphatic carbocycles. The Hall–Kier alpha value is 1.78. The van der Waals surface area contributed by atoms with Crippen LogP contribution in [0.2, 0.25) is 0 Å². The second-order valence-corrected chi connectivity index (χ2v) is 4.07. The van der Waals surface area contributed by atoms with Crippen molar-refractivity contribution in [3.8, 4) is 0 Å². The first-order chi connectivity index (χ1) is 4.71. The zero-order valence-corrected chi connectivity index (χ0v) is 12.7. The molecule has 0 aromatic carbocycles. The van der Waals surface area contributed by atoms with Crippen LogP contribution in [0.4, 0.5) is 0 Å². The predicted molar refractivity (Wildman–Crippen MR) is 30.2 cm³/mol. The number of rotatable bonds is 4. The van der Waals surface area contributed by atoms with Gasteiger partial charge < -0.3 is 9.11 Å². The average molecular weight is 250 g/mol. The molecule has 0 saturated carbocycles. The van der Waals surface area contributed by atoms with Gasteiger partial charge in [0.2, 0.25) is 10.4 Å². The van der Waals surface area contributed by atoms with Gasteiger partial charge in [0.25, 0.3) is 0 Å². The fourth-order valence-electron chi connectivity index (χ4n) is 0.238. The standard InChI is InChI=1S/C2H6O7S2.2Na/c3-10(4,5)2-1-9-11(6,7)8;;/h1-2H2,(H,3,4,5)(H,6,7,8);;/q;2*+1/p-2. The van der Waals surface area contributed by atoms with Crippen LogP contribution in [0.5, 0.6) is 0 Å². The van der Waals surface area contributed by atoms with E-state index < -0.39 is 32.9 Å². The van der Waals surface area contributed by atoms with Gasteiger partial charge in [-0.05, 0) is 0 Å². The van der Waals surface area contributed by atoms with Crippen molar-refractivity contribution in [1.82, 2.24) is 0 Å². The van der Waals surface area contributed by atoms with Crippen LogP contribution in [-0.4, -0.2) is 38.3 Å². The van der Waals surface area contributed by atoms with Gasteiger partial charge in [0.15, 0.2) is 0 Å². The minimum Gasteiger partial charge on any atom is -0.748 e. The smallest absolute Gasteiger partial charge is 0.748 e. The van der Waals surface area contributed by atoms with Gasteiger partial charge in [-0.1, -0.05) is 0 Å². The van der Waals surface area contributed by atoms with Gasteiger partial charge in [-0.15, -0.1) is 0 Å². The van der Waals surface area contributed by atoms with Crippen molar-refractivity contribution < 1.29 is 89.2 Å². The molecule has 0 bridgehead atoms. The Morgan fingerprint density at radius 1 is 1.00 bits per heavy atom. The van der Waals surface area contributed by atoms with Crippen LogP contribution in [0.1, 0.15) is 0 Å². The summed E-state index contributed by atoms with van der Waals surface area (Å²) in [5.41, 5.74) is 0. The molecule has 0 saturated heterocycles. The Labute approximate surface area is 121 Å². The molecule has 0 spiro atoms. The first-order valence-electron chi connectivity index (χ1n) is 2.24. The predicted octanol–water partition coefficient (Wildman–Crippen LogP) is -7.98. The molecule has 7 nitrogen and oxygen atoms in total. The molecule has 0 heterocycles. The van der Waals surface area contributed by atoms with Crippen molar-refractivity contribution in [2.75, 3.05) is 12.4 Å². The average Bonchev–Trinajstić information content (AvgIpc) is 1.55. The first kappa shape index (κ1) is 20.2. The van der Waals surface area contributed by atoms with Crippen molar-refractivity contribution in [2.45, 2.75) is 0 Å². The van der Waals surface area contributed by atoms with E-state index in [0.717, 1.165) is 0 Å². The zero-order chi connectivity index (χ0) is 9.12. The molecule has 0 aliphatic rings. The fourth-order valence-corrected chi connectivity index (χ4v) is 0.919. The Morgan fingerprint density at radius 3 is 1.62 bits per heavy atom. The van der Waals surface area contributed by atoms with Crippen molar-refractivity contribution in [1.29, 1.82) is 0 Å². The van der Waals surface area contributed by atoms with Crippen molar-refractivity contribution >= 4 is 20.5 Å². The molecule has 0 fully saturated rings. The summed E-state index contributed by atoms with van der Waals surface area (Å²) in [5, 5.41) is 0.